The number of rotatable bonds is 4. The summed E-state index contributed by atoms with van der Waals surface area (Å²) in [6.07, 6.45) is 2.01. The van der Waals surface area contributed by atoms with Gasteiger partial charge in [-0.25, -0.2) is 4.39 Å². The van der Waals surface area contributed by atoms with E-state index in [1.165, 1.54) is 11.0 Å². The van der Waals surface area contributed by atoms with Crippen LogP contribution in [0.3, 0.4) is 0 Å². The third-order valence-electron chi connectivity index (χ3n) is 3.26. The fourth-order valence-corrected chi connectivity index (χ4v) is 2.60. The second kappa shape index (κ2) is 6.76. The summed E-state index contributed by atoms with van der Waals surface area (Å²) in [5.74, 6) is -0.772. The molecule has 2 aromatic carbocycles. The highest BCUT2D eigenvalue weighted by molar-refractivity contribution is 7.98. The molecule has 110 valence electrons. The van der Waals surface area contributed by atoms with Crippen LogP contribution < -0.4 is 0 Å². The van der Waals surface area contributed by atoms with E-state index in [1.807, 2.05) is 30.5 Å². The number of hydrogen-bond acceptors (Lipinski definition) is 2. The lowest BCUT2D eigenvalue weighted by Gasteiger charge is -2.18. The summed E-state index contributed by atoms with van der Waals surface area (Å²) in [5, 5.41) is 0. The molecule has 0 heterocycles. The first kappa shape index (κ1) is 15.6. The van der Waals surface area contributed by atoms with E-state index in [2.05, 4.69) is 0 Å². The van der Waals surface area contributed by atoms with Crippen LogP contribution in [-0.4, -0.2) is 24.1 Å². The zero-order valence-corrected chi connectivity index (χ0v) is 13.2. The molecule has 0 saturated heterocycles. The Labute approximate surface area is 129 Å². The molecule has 21 heavy (non-hydrogen) atoms. The van der Waals surface area contributed by atoms with Crippen molar-refractivity contribution < 1.29 is 9.18 Å². The number of carbonyl (C=O) groups is 1. The number of carbonyl (C=O) groups excluding carboxylic acids is 1. The SMILES string of the molecule is CSc1cccc(CN(C)C(=O)c2ccc(C)cc2F)c1. The van der Waals surface area contributed by atoms with Crippen LogP contribution in [0.25, 0.3) is 0 Å². The lowest BCUT2D eigenvalue weighted by Crippen LogP contribution is -2.27. The monoisotopic (exact) mass is 303 g/mol. The first-order chi connectivity index (χ1) is 10.0. The molecule has 2 rings (SSSR count). The lowest BCUT2D eigenvalue weighted by molar-refractivity contribution is 0.0780. The van der Waals surface area contributed by atoms with Crippen molar-refractivity contribution in [3.63, 3.8) is 0 Å². The van der Waals surface area contributed by atoms with E-state index < -0.39 is 5.82 Å². The average Bonchev–Trinajstić information content (AvgIpc) is 2.46. The molecule has 0 spiro atoms. The summed E-state index contributed by atoms with van der Waals surface area (Å²) in [4.78, 5) is 15.0. The Morgan fingerprint density at radius 2 is 2.00 bits per heavy atom. The van der Waals surface area contributed by atoms with Crippen LogP contribution in [0.5, 0.6) is 0 Å². The molecule has 0 unspecified atom stereocenters. The molecule has 2 aromatic rings. The number of hydrogen-bond donors (Lipinski definition) is 0. The van der Waals surface area contributed by atoms with Crippen LogP contribution in [0.4, 0.5) is 4.39 Å². The summed E-state index contributed by atoms with van der Waals surface area (Å²) in [7, 11) is 1.69. The molecule has 0 aliphatic heterocycles. The third-order valence-corrected chi connectivity index (χ3v) is 3.98. The summed E-state index contributed by atoms with van der Waals surface area (Å²) < 4.78 is 13.9. The number of amides is 1. The van der Waals surface area contributed by atoms with Crippen molar-refractivity contribution >= 4 is 17.7 Å². The number of thioether (sulfide) groups is 1. The number of benzene rings is 2. The molecular formula is C17H18FNOS. The van der Waals surface area contributed by atoms with Crippen LogP contribution in [0.1, 0.15) is 21.5 Å². The molecule has 0 aromatic heterocycles. The quantitative estimate of drug-likeness (QED) is 0.792. The van der Waals surface area contributed by atoms with Crippen molar-refractivity contribution in [3.8, 4) is 0 Å². The normalized spacial score (nSPS) is 10.5. The Morgan fingerprint density at radius 3 is 2.67 bits per heavy atom. The maximum Gasteiger partial charge on any atom is 0.256 e. The van der Waals surface area contributed by atoms with Crippen LogP contribution in [-0.2, 0) is 6.54 Å². The standard InChI is InChI=1S/C17H18FNOS/c1-12-7-8-15(16(18)9-12)17(20)19(2)11-13-5-4-6-14(10-13)21-3/h4-10H,11H2,1-3H3. The predicted molar refractivity (Wildman–Crippen MR) is 85.2 cm³/mol. The minimum atomic E-state index is -0.468. The summed E-state index contributed by atoms with van der Waals surface area (Å²) in [6, 6.07) is 12.7. The van der Waals surface area contributed by atoms with Crippen molar-refractivity contribution in [1.82, 2.24) is 4.90 Å². The van der Waals surface area contributed by atoms with Gasteiger partial charge in [-0.3, -0.25) is 4.79 Å². The van der Waals surface area contributed by atoms with Gasteiger partial charge in [0.2, 0.25) is 0 Å². The molecule has 0 aliphatic carbocycles. The smallest absolute Gasteiger partial charge is 0.256 e. The van der Waals surface area contributed by atoms with Crippen molar-refractivity contribution in [2.45, 2.75) is 18.4 Å². The molecular weight excluding hydrogens is 285 g/mol. The van der Waals surface area contributed by atoms with Crippen molar-refractivity contribution in [2.24, 2.45) is 0 Å². The van der Waals surface area contributed by atoms with E-state index in [-0.39, 0.29) is 11.5 Å². The third kappa shape index (κ3) is 3.85. The van der Waals surface area contributed by atoms with Crippen LogP contribution in [0.15, 0.2) is 47.4 Å². The van der Waals surface area contributed by atoms with E-state index >= 15 is 0 Å². The molecule has 0 fully saturated rings. The van der Waals surface area contributed by atoms with Gasteiger partial charge in [0.15, 0.2) is 0 Å². The van der Waals surface area contributed by atoms with Gasteiger partial charge < -0.3 is 4.90 Å². The van der Waals surface area contributed by atoms with Gasteiger partial charge in [-0.1, -0.05) is 18.2 Å². The highest BCUT2D eigenvalue weighted by Crippen LogP contribution is 2.18. The van der Waals surface area contributed by atoms with E-state index in [9.17, 15) is 9.18 Å². The maximum atomic E-state index is 13.9. The van der Waals surface area contributed by atoms with Crippen molar-refractivity contribution in [2.75, 3.05) is 13.3 Å². The van der Waals surface area contributed by atoms with Gasteiger partial charge in [0.25, 0.3) is 5.91 Å². The second-order valence-corrected chi connectivity index (χ2v) is 5.88. The van der Waals surface area contributed by atoms with E-state index in [4.69, 9.17) is 0 Å². The summed E-state index contributed by atoms with van der Waals surface area (Å²) in [5.41, 5.74) is 1.95. The summed E-state index contributed by atoms with van der Waals surface area (Å²) in [6.45, 7) is 2.26. The largest absolute Gasteiger partial charge is 0.337 e. The predicted octanol–water partition coefficient (Wildman–Crippen LogP) is 4.13. The van der Waals surface area contributed by atoms with Gasteiger partial charge in [0, 0.05) is 18.5 Å². The molecule has 0 radical (unpaired) electrons. The van der Waals surface area contributed by atoms with E-state index in [0.29, 0.717) is 6.54 Å². The maximum absolute atomic E-state index is 13.9. The van der Waals surface area contributed by atoms with Crippen molar-refractivity contribution in [3.05, 3.63) is 65.0 Å². The molecule has 2 nitrogen and oxygen atoms in total. The van der Waals surface area contributed by atoms with Gasteiger partial charge in [-0.15, -0.1) is 11.8 Å². The topological polar surface area (TPSA) is 20.3 Å². The Bertz CT molecular complexity index is 657. The number of halogens is 1. The van der Waals surface area contributed by atoms with Crippen molar-refractivity contribution in [1.29, 1.82) is 0 Å². The van der Waals surface area contributed by atoms with E-state index in [1.54, 1.807) is 37.9 Å². The van der Waals surface area contributed by atoms with Gasteiger partial charge in [0.1, 0.15) is 5.82 Å². The lowest BCUT2D eigenvalue weighted by atomic mass is 10.1. The first-order valence-electron chi connectivity index (χ1n) is 6.66. The average molecular weight is 303 g/mol. The number of nitrogens with zero attached hydrogens (tertiary/aromatic N) is 1. The fraction of sp³-hybridized carbons (Fsp3) is 0.235. The minimum Gasteiger partial charge on any atom is -0.337 e. The van der Waals surface area contributed by atoms with Gasteiger partial charge >= 0.3 is 0 Å². The summed E-state index contributed by atoms with van der Waals surface area (Å²) >= 11 is 1.66. The number of aryl methyl sites for hydroxylation is 1. The minimum absolute atomic E-state index is 0.115. The van der Waals surface area contributed by atoms with Crippen LogP contribution >= 0.6 is 11.8 Å². The zero-order valence-electron chi connectivity index (χ0n) is 12.4. The Balaban J connectivity index is 2.15. The van der Waals surface area contributed by atoms with E-state index in [0.717, 1.165) is 16.0 Å². The second-order valence-electron chi connectivity index (χ2n) is 5.00. The molecule has 0 saturated carbocycles. The Morgan fingerprint density at radius 1 is 1.24 bits per heavy atom. The van der Waals surface area contributed by atoms with Crippen LogP contribution in [0, 0.1) is 12.7 Å². The molecule has 0 atom stereocenters. The molecule has 0 N–H and O–H groups in total. The Hall–Kier alpha value is -1.81. The van der Waals surface area contributed by atoms with Gasteiger partial charge in [-0.05, 0) is 48.6 Å². The van der Waals surface area contributed by atoms with Gasteiger partial charge in [0.05, 0.1) is 5.56 Å². The molecule has 0 aliphatic rings. The van der Waals surface area contributed by atoms with Crippen LogP contribution in [0.2, 0.25) is 0 Å². The zero-order chi connectivity index (χ0) is 15.4. The Kier molecular flexibility index (Phi) is 5.02. The fourth-order valence-electron chi connectivity index (χ4n) is 2.12. The first-order valence-corrected chi connectivity index (χ1v) is 7.88. The molecule has 4 heteroatoms. The highest BCUT2D eigenvalue weighted by Gasteiger charge is 2.16. The highest BCUT2D eigenvalue weighted by atomic mass is 32.2. The van der Waals surface area contributed by atoms with Gasteiger partial charge in [-0.2, -0.15) is 0 Å². The molecule has 0 bridgehead atoms. The molecule has 1 amide bonds.